The van der Waals surface area contributed by atoms with Gasteiger partial charge in [0.2, 0.25) is 0 Å². The zero-order valence-corrected chi connectivity index (χ0v) is 26.8. The van der Waals surface area contributed by atoms with Crippen molar-refractivity contribution >= 4 is 51.6 Å². The smallest absolute Gasteiger partial charge is 0.271 e. The van der Waals surface area contributed by atoms with Crippen molar-refractivity contribution in [2.45, 2.75) is 32.9 Å². The lowest BCUT2D eigenvalue weighted by molar-refractivity contribution is -0.113. The second kappa shape index (κ2) is 12.5. The Kier molecular flexibility index (Phi) is 8.83. The standard InChI is InChI=1S/C32H30IN3O5S/c1-18(2)41-29-24(33)14-20(15-25(29)40-5)16-26-31(38)36-28(21-10-9-13-23(17-21)39-4)27(19(3)34-32(36)42-26)30(37)35-22-11-7-6-8-12-22/h6-18,28H,1-5H3,(H,35,37)/b26-16-/t28-/m0/s1. The number of aromatic nitrogens is 1. The molecule has 0 spiro atoms. The van der Waals surface area contributed by atoms with Gasteiger partial charge < -0.3 is 19.5 Å². The molecule has 216 valence electrons. The minimum atomic E-state index is -0.710. The number of para-hydroxylation sites is 1. The van der Waals surface area contributed by atoms with Crippen LogP contribution in [0.25, 0.3) is 6.08 Å². The van der Waals surface area contributed by atoms with Crippen LogP contribution < -0.4 is 34.4 Å². The summed E-state index contributed by atoms with van der Waals surface area (Å²) in [4.78, 5) is 33.1. The molecule has 1 aliphatic heterocycles. The largest absolute Gasteiger partial charge is 0.497 e. The van der Waals surface area contributed by atoms with Crippen molar-refractivity contribution in [3.8, 4) is 17.2 Å². The van der Waals surface area contributed by atoms with E-state index in [1.807, 2.05) is 86.7 Å². The first-order chi connectivity index (χ1) is 20.2. The number of carbonyl (C=O) groups is 1. The third-order valence-corrected chi connectivity index (χ3v) is 8.39. The van der Waals surface area contributed by atoms with E-state index in [2.05, 4.69) is 27.9 Å². The highest BCUT2D eigenvalue weighted by molar-refractivity contribution is 14.1. The van der Waals surface area contributed by atoms with E-state index in [1.54, 1.807) is 25.7 Å². The molecule has 1 amide bonds. The van der Waals surface area contributed by atoms with Gasteiger partial charge in [0.05, 0.1) is 45.7 Å². The summed E-state index contributed by atoms with van der Waals surface area (Å²) in [5.74, 6) is 1.54. The molecule has 42 heavy (non-hydrogen) atoms. The number of hydrogen-bond acceptors (Lipinski definition) is 7. The lowest BCUT2D eigenvalue weighted by Crippen LogP contribution is -2.40. The molecule has 10 heteroatoms. The van der Waals surface area contributed by atoms with Crippen LogP contribution in [0.1, 0.15) is 37.9 Å². The van der Waals surface area contributed by atoms with Crippen LogP contribution in [0.15, 0.2) is 87.8 Å². The molecule has 1 N–H and O–H groups in total. The quantitative estimate of drug-likeness (QED) is 0.254. The molecule has 0 aliphatic carbocycles. The number of rotatable bonds is 8. The fourth-order valence-electron chi connectivity index (χ4n) is 4.78. The summed E-state index contributed by atoms with van der Waals surface area (Å²) in [7, 11) is 3.18. The van der Waals surface area contributed by atoms with Crippen molar-refractivity contribution in [1.29, 1.82) is 0 Å². The molecular weight excluding hydrogens is 665 g/mol. The molecule has 1 aliphatic rings. The maximum Gasteiger partial charge on any atom is 0.271 e. The molecule has 1 aromatic heterocycles. The van der Waals surface area contributed by atoms with Crippen molar-refractivity contribution in [1.82, 2.24) is 4.57 Å². The monoisotopic (exact) mass is 695 g/mol. The number of carbonyl (C=O) groups excluding carboxylic acids is 1. The minimum Gasteiger partial charge on any atom is -0.497 e. The summed E-state index contributed by atoms with van der Waals surface area (Å²) in [5.41, 5.74) is 2.85. The maximum absolute atomic E-state index is 14.1. The number of nitrogens with one attached hydrogen (secondary N) is 1. The average molecular weight is 696 g/mol. The molecular formula is C32H30IN3O5S. The third kappa shape index (κ3) is 6.00. The van der Waals surface area contributed by atoms with Crippen LogP contribution in [0.2, 0.25) is 0 Å². The summed E-state index contributed by atoms with van der Waals surface area (Å²) >= 11 is 3.49. The number of fused-ring (bicyclic) bond motifs is 1. The molecule has 0 bridgehead atoms. The van der Waals surface area contributed by atoms with E-state index in [1.165, 1.54) is 11.3 Å². The number of ether oxygens (including phenoxy) is 3. The van der Waals surface area contributed by atoms with Gasteiger partial charge in [0.15, 0.2) is 16.3 Å². The van der Waals surface area contributed by atoms with Crippen LogP contribution in [-0.4, -0.2) is 30.8 Å². The Morgan fingerprint density at radius 2 is 1.83 bits per heavy atom. The second-order valence-corrected chi connectivity index (χ2v) is 12.1. The summed E-state index contributed by atoms with van der Waals surface area (Å²) in [5, 5.41) is 2.97. The summed E-state index contributed by atoms with van der Waals surface area (Å²) < 4.78 is 20.0. The van der Waals surface area contributed by atoms with Gasteiger partial charge in [0, 0.05) is 5.69 Å². The number of hydrogen-bond donors (Lipinski definition) is 1. The van der Waals surface area contributed by atoms with Crippen molar-refractivity contribution in [2.75, 3.05) is 19.5 Å². The van der Waals surface area contributed by atoms with Crippen LogP contribution in [0.5, 0.6) is 17.2 Å². The van der Waals surface area contributed by atoms with E-state index in [0.29, 0.717) is 43.5 Å². The number of halogens is 1. The van der Waals surface area contributed by atoms with Gasteiger partial charge in [0.25, 0.3) is 11.5 Å². The molecule has 4 aromatic rings. The molecule has 8 nitrogen and oxygen atoms in total. The van der Waals surface area contributed by atoms with Gasteiger partial charge in [-0.3, -0.25) is 14.2 Å². The molecule has 1 atom stereocenters. The highest BCUT2D eigenvalue weighted by atomic mass is 127. The highest BCUT2D eigenvalue weighted by Crippen LogP contribution is 2.35. The maximum atomic E-state index is 14.1. The number of amides is 1. The third-order valence-electron chi connectivity index (χ3n) is 6.61. The molecule has 0 saturated carbocycles. The van der Waals surface area contributed by atoms with Crippen LogP contribution in [0.3, 0.4) is 0 Å². The lowest BCUT2D eigenvalue weighted by atomic mass is 9.95. The molecule has 0 radical (unpaired) electrons. The Balaban J connectivity index is 1.66. The van der Waals surface area contributed by atoms with Gasteiger partial charge in [-0.1, -0.05) is 41.7 Å². The number of benzene rings is 3. The molecule has 0 fully saturated rings. The van der Waals surface area contributed by atoms with Crippen LogP contribution >= 0.6 is 33.9 Å². The van der Waals surface area contributed by atoms with Crippen LogP contribution in [0, 0.1) is 3.57 Å². The lowest BCUT2D eigenvalue weighted by Gasteiger charge is -2.25. The van der Waals surface area contributed by atoms with Gasteiger partial charge in [-0.2, -0.15) is 0 Å². The zero-order valence-electron chi connectivity index (χ0n) is 23.8. The topological polar surface area (TPSA) is 91.2 Å². The highest BCUT2D eigenvalue weighted by Gasteiger charge is 2.32. The Morgan fingerprint density at radius 3 is 2.52 bits per heavy atom. The minimum absolute atomic E-state index is 0.0184. The normalized spacial score (nSPS) is 14.8. The predicted octanol–water partition coefficient (Wildman–Crippen LogP) is 5.28. The van der Waals surface area contributed by atoms with Crippen molar-refractivity contribution in [3.63, 3.8) is 0 Å². The summed E-state index contributed by atoms with van der Waals surface area (Å²) in [6.07, 6.45) is 1.80. The molecule has 3 aromatic carbocycles. The number of thiazole rings is 1. The first-order valence-electron chi connectivity index (χ1n) is 13.3. The average Bonchev–Trinajstić information content (AvgIpc) is 3.27. The van der Waals surface area contributed by atoms with Gasteiger partial charge in [0.1, 0.15) is 5.75 Å². The molecule has 0 unspecified atom stereocenters. The van der Waals surface area contributed by atoms with E-state index in [4.69, 9.17) is 19.2 Å². The fourth-order valence-corrected chi connectivity index (χ4v) is 6.58. The fraction of sp³-hybridized carbons (Fsp3) is 0.219. The summed E-state index contributed by atoms with van der Waals surface area (Å²) in [6.45, 7) is 5.71. The van der Waals surface area contributed by atoms with E-state index >= 15 is 0 Å². The van der Waals surface area contributed by atoms with E-state index in [9.17, 15) is 9.59 Å². The summed E-state index contributed by atoms with van der Waals surface area (Å²) in [6, 6.07) is 19.7. The molecule has 5 rings (SSSR count). The molecule has 0 saturated heterocycles. The number of methoxy groups -OCH3 is 2. The zero-order chi connectivity index (χ0) is 30.0. The number of nitrogens with zero attached hydrogens (tertiary/aromatic N) is 2. The first-order valence-corrected chi connectivity index (χ1v) is 15.2. The number of anilines is 1. The van der Waals surface area contributed by atoms with Crippen molar-refractivity contribution in [3.05, 3.63) is 112 Å². The second-order valence-electron chi connectivity index (χ2n) is 9.88. The molecule has 2 heterocycles. The Labute approximate surface area is 261 Å². The Hall–Kier alpha value is -3.90. The van der Waals surface area contributed by atoms with Crippen LogP contribution in [0.4, 0.5) is 5.69 Å². The van der Waals surface area contributed by atoms with E-state index in [0.717, 1.165) is 14.7 Å². The van der Waals surface area contributed by atoms with Gasteiger partial charge in [-0.25, -0.2) is 4.99 Å². The number of allylic oxidation sites excluding steroid dienone is 1. The SMILES string of the molecule is COc1cccc([C@H]2C(C(=O)Nc3ccccc3)=C(C)N=c3s/c(=C\c4cc(I)c(OC(C)C)c(OC)c4)c(=O)n32)c1. The van der Waals surface area contributed by atoms with Crippen LogP contribution in [-0.2, 0) is 4.79 Å². The first kappa shape index (κ1) is 29.6. The predicted molar refractivity (Wildman–Crippen MR) is 173 cm³/mol. The van der Waals surface area contributed by atoms with Gasteiger partial charge in [-0.15, -0.1) is 0 Å². The van der Waals surface area contributed by atoms with E-state index < -0.39 is 6.04 Å². The van der Waals surface area contributed by atoms with Gasteiger partial charge >= 0.3 is 0 Å². The van der Waals surface area contributed by atoms with Crippen molar-refractivity contribution < 1.29 is 19.0 Å². The van der Waals surface area contributed by atoms with Gasteiger partial charge in [-0.05, 0) is 97.0 Å². The van der Waals surface area contributed by atoms with E-state index in [-0.39, 0.29) is 17.6 Å². The Bertz CT molecular complexity index is 1860. The Morgan fingerprint density at radius 1 is 1.07 bits per heavy atom. The van der Waals surface area contributed by atoms with Crippen molar-refractivity contribution in [2.24, 2.45) is 4.99 Å².